The first-order valence-corrected chi connectivity index (χ1v) is 7.42. The van der Waals surface area contributed by atoms with Gasteiger partial charge in [-0.2, -0.15) is 0 Å². The van der Waals surface area contributed by atoms with E-state index in [0.29, 0.717) is 11.3 Å². The van der Waals surface area contributed by atoms with Crippen LogP contribution in [0.5, 0.6) is 0 Å². The van der Waals surface area contributed by atoms with E-state index in [1.165, 1.54) is 18.9 Å². The van der Waals surface area contributed by atoms with E-state index in [0.717, 1.165) is 18.4 Å². The van der Waals surface area contributed by atoms with E-state index in [1.807, 2.05) is 19.9 Å². The fraction of sp³-hybridized carbons (Fsp3) is 0.412. The normalized spacial score (nSPS) is 14.6. The van der Waals surface area contributed by atoms with Gasteiger partial charge in [0.1, 0.15) is 0 Å². The molecular weight excluding hydrogens is 264 g/mol. The highest BCUT2D eigenvalue weighted by Gasteiger charge is 2.19. The predicted octanol–water partition coefficient (Wildman–Crippen LogP) is 3.26. The maximum atomic E-state index is 12.3. The Kier molecular flexibility index (Phi) is 5.14. The molecule has 0 spiro atoms. The van der Waals surface area contributed by atoms with E-state index in [4.69, 9.17) is 0 Å². The summed E-state index contributed by atoms with van der Waals surface area (Å²) < 4.78 is 0. The van der Waals surface area contributed by atoms with Crippen molar-refractivity contribution in [2.24, 2.45) is 0 Å². The number of carbonyl (C=O) groups excluding carboxylic acids is 2. The molecule has 0 bridgehead atoms. The number of hydrogen-bond donors (Lipinski definition) is 2. The number of anilines is 1. The summed E-state index contributed by atoms with van der Waals surface area (Å²) in [6, 6.07) is 7.37. The Hall–Kier alpha value is -2.10. The van der Waals surface area contributed by atoms with Gasteiger partial charge in [0.25, 0.3) is 5.91 Å². The Morgan fingerprint density at radius 2 is 1.81 bits per heavy atom. The number of nitrogens with one attached hydrogen (secondary N) is 2. The zero-order valence-corrected chi connectivity index (χ0v) is 12.6. The maximum absolute atomic E-state index is 12.3. The molecule has 1 aromatic rings. The van der Waals surface area contributed by atoms with Gasteiger partial charge in [-0.1, -0.05) is 30.5 Å². The number of benzene rings is 1. The van der Waals surface area contributed by atoms with Crippen molar-refractivity contribution in [1.82, 2.24) is 5.32 Å². The minimum Gasteiger partial charge on any atom is -0.349 e. The van der Waals surface area contributed by atoms with Crippen molar-refractivity contribution < 1.29 is 9.59 Å². The molecule has 4 nitrogen and oxygen atoms in total. The number of rotatable bonds is 4. The van der Waals surface area contributed by atoms with Crippen LogP contribution >= 0.6 is 0 Å². The summed E-state index contributed by atoms with van der Waals surface area (Å²) >= 11 is 0. The van der Waals surface area contributed by atoms with Gasteiger partial charge in [-0.25, -0.2) is 0 Å². The summed E-state index contributed by atoms with van der Waals surface area (Å²) in [5.41, 5.74) is 1.98. The van der Waals surface area contributed by atoms with Crippen molar-refractivity contribution in [3.63, 3.8) is 0 Å². The van der Waals surface area contributed by atoms with Crippen LogP contribution in [0.2, 0.25) is 0 Å². The highest BCUT2D eigenvalue weighted by molar-refractivity contribution is 6.06. The molecule has 2 N–H and O–H groups in total. The molecule has 21 heavy (non-hydrogen) atoms. The standard InChI is InChI=1S/C17H22N2O2/c1-12(2)11-16(20)19-15-10-6-5-9-14(15)17(21)18-13-7-3-4-8-13/h5-6,9-11,13H,3-4,7-8H2,1-2H3,(H,18,21)(H,19,20). The molecule has 0 unspecified atom stereocenters. The van der Waals surface area contributed by atoms with Crippen LogP contribution in [0.3, 0.4) is 0 Å². The van der Waals surface area contributed by atoms with Crippen molar-refractivity contribution in [1.29, 1.82) is 0 Å². The van der Waals surface area contributed by atoms with Crippen LogP contribution in [0.1, 0.15) is 49.9 Å². The average molecular weight is 286 g/mol. The van der Waals surface area contributed by atoms with E-state index < -0.39 is 0 Å². The molecule has 1 fully saturated rings. The fourth-order valence-electron chi connectivity index (χ4n) is 2.55. The molecule has 1 aliphatic carbocycles. The second-order valence-corrected chi connectivity index (χ2v) is 5.71. The van der Waals surface area contributed by atoms with Gasteiger partial charge in [0, 0.05) is 12.1 Å². The number of hydrogen-bond acceptors (Lipinski definition) is 2. The minimum atomic E-state index is -0.212. The summed E-state index contributed by atoms with van der Waals surface area (Å²) in [6.45, 7) is 3.72. The highest BCUT2D eigenvalue weighted by atomic mass is 16.2. The van der Waals surface area contributed by atoms with Gasteiger partial charge in [-0.05, 0) is 38.8 Å². The molecule has 0 radical (unpaired) electrons. The van der Waals surface area contributed by atoms with Crippen molar-refractivity contribution >= 4 is 17.5 Å². The van der Waals surface area contributed by atoms with Crippen molar-refractivity contribution in [2.45, 2.75) is 45.6 Å². The Morgan fingerprint density at radius 1 is 1.14 bits per heavy atom. The Morgan fingerprint density at radius 3 is 2.48 bits per heavy atom. The first-order valence-electron chi connectivity index (χ1n) is 7.42. The summed E-state index contributed by atoms with van der Waals surface area (Å²) in [5, 5.41) is 5.82. The van der Waals surface area contributed by atoms with Crippen LogP contribution in [0.25, 0.3) is 0 Å². The SMILES string of the molecule is CC(C)=CC(=O)Nc1ccccc1C(=O)NC1CCCC1. The lowest BCUT2D eigenvalue weighted by Crippen LogP contribution is -2.33. The second-order valence-electron chi connectivity index (χ2n) is 5.71. The van der Waals surface area contributed by atoms with E-state index in [2.05, 4.69) is 10.6 Å². The molecule has 112 valence electrons. The molecule has 0 aliphatic heterocycles. The Balaban J connectivity index is 2.10. The highest BCUT2D eigenvalue weighted by Crippen LogP contribution is 2.20. The molecule has 0 heterocycles. The lowest BCUT2D eigenvalue weighted by atomic mass is 10.1. The summed E-state index contributed by atoms with van der Waals surface area (Å²) in [4.78, 5) is 24.2. The van der Waals surface area contributed by atoms with Gasteiger partial charge in [0.05, 0.1) is 11.3 Å². The first kappa shape index (κ1) is 15.3. The van der Waals surface area contributed by atoms with Gasteiger partial charge in [0.15, 0.2) is 0 Å². The maximum Gasteiger partial charge on any atom is 0.253 e. The molecule has 1 saturated carbocycles. The first-order chi connectivity index (χ1) is 10.1. The number of amides is 2. The molecule has 1 aliphatic rings. The third kappa shape index (κ3) is 4.45. The zero-order chi connectivity index (χ0) is 15.2. The van der Waals surface area contributed by atoms with Gasteiger partial charge in [0.2, 0.25) is 5.91 Å². The van der Waals surface area contributed by atoms with Crippen molar-refractivity contribution in [3.05, 3.63) is 41.5 Å². The van der Waals surface area contributed by atoms with E-state index in [9.17, 15) is 9.59 Å². The molecule has 1 aromatic carbocycles. The summed E-state index contributed by atoms with van der Waals surface area (Å²) in [6.07, 6.45) is 5.94. The lowest BCUT2D eigenvalue weighted by Gasteiger charge is -2.14. The molecule has 4 heteroatoms. The van der Waals surface area contributed by atoms with Crippen LogP contribution < -0.4 is 10.6 Å². The number of carbonyl (C=O) groups is 2. The molecule has 0 atom stereocenters. The van der Waals surface area contributed by atoms with Crippen LogP contribution in [-0.2, 0) is 4.79 Å². The van der Waals surface area contributed by atoms with E-state index >= 15 is 0 Å². The van der Waals surface area contributed by atoms with Crippen LogP contribution in [0, 0.1) is 0 Å². The van der Waals surface area contributed by atoms with Gasteiger partial charge in [-0.3, -0.25) is 9.59 Å². The van der Waals surface area contributed by atoms with Crippen LogP contribution in [0.15, 0.2) is 35.9 Å². The predicted molar refractivity (Wildman–Crippen MR) is 84.2 cm³/mol. The van der Waals surface area contributed by atoms with Crippen LogP contribution in [-0.4, -0.2) is 17.9 Å². The molecule has 0 saturated heterocycles. The van der Waals surface area contributed by atoms with E-state index in [-0.39, 0.29) is 17.9 Å². The van der Waals surface area contributed by atoms with Crippen LogP contribution in [0.4, 0.5) is 5.69 Å². The topological polar surface area (TPSA) is 58.2 Å². The minimum absolute atomic E-state index is 0.116. The average Bonchev–Trinajstić information content (AvgIpc) is 2.91. The second kappa shape index (κ2) is 7.07. The van der Waals surface area contributed by atoms with E-state index in [1.54, 1.807) is 18.2 Å². The number of para-hydroxylation sites is 1. The molecule has 2 amide bonds. The molecular formula is C17H22N2O2. The van der Waals surface area contributed by atoms with Gasteiger partial charge in [-0.15, -0.1) is 0 Å². The molecule has 0 aromatic heterocycles. The molecule has 2 rings (SSSR count). The largest absolute Gasteiger partial charge is 0.349 e. The Labute approximate surface area is 125 Å². The summed E-state index contributed by atoms with van der Waals surface area (Å²) in [5.74, 6) is -0.328. The van der Waals surface area contributed by atoms with Gasteiger partial charge < -0.3 is 10.6 Å². The zero-order valence-electron chi connectivity index (χ0n) is 12.6. The fourth-order valence-corrected chi connectivity index (χ4v) is 2.55. The van der Waals surface area contributed by atoms with Crippen molar-refractivity contribution in [3.8, 4) is 0 Å². The van der Waals surface area contributed by atoms with Gasteiger partial charge >= 0.3 is 0 Å². The third-order valence-corrected chi connectivity index (χ3v) is 3.54. The number of allylic oxidation sites excluding steroid dienone is 1. The Bertz CT molecular complexity index is 554. The quantitative estimate of drug-likeness (QED) is 0.835. The van der Waals surface area contributed by atoms with Crippen molar-refractivity contribution in [2.75, 3.05) is 5.32 Å². The monoisotopic (exact) mass is 286 g/mol. The lowest BCUT2D eigenvalue weighted by molar-refractivity contribution is -0.111. The smallest absolute Gasteiger partial charge is 0.253 e. The summed E-state index contributed by atoms with van der Waals surface area (Å²) in [7, 11) is 0. The third-order valence-electron chi connectivity index (χ3n) is 3.54.